The van der Waals surface area contributed by atoms with E-state index in [-0.39, 0.29) is 23.1 Å². The molecule has 41 heavy (non-hydrogen) atoms. The van der Waals surface area contributed by atoms with Crippen LogP contribution in [-0.4, -0.2) is 39.5 Å². The fraction of sp³-hybridized carbons (Fsp3) is 0.286. The third-order valence-corrected chi connectivity index (χ3v) is 9.47. The topological polar surface area (TPSA) is 85.1 Å². The summed E-state index contributed by atoms with van der Waals surface area (Å²) >= 11 is 12.6. The number of benzene rings is 3. The fourth-order valence-corrected chi connectivity index (χ4v) is 7.01. The van der Waals surface area contributed by atoms with E-state index in [1.54, 1.807) is 12.1 Å². The number of aliphatic hydroxyl groups excluding tert-OH is 1. The van der Waals surface area contributed by atoms with Crippen LogP contribution in [0.25, 0.3) is 21.8 Å². The summed E-state index contributed by atoms with van der Waals surface area (Å²) in [7, 11) is -3.42. The number of nitrogens with zero attached hydrogens (tertiary/aromatic N) is 2. The highest BCUT2D eigenvalue weighted by Crippen LogP contribution is 2.38. The van der Waals surface area contributed by atoms with E-state index in [9.17, 15) is 22.5 Å². The van der Waals surface area contributed by atoms with Crippen molar-refractivity contribution in [3.05, 3.63) is 82.7 Å². The molecule has 4 aromatic rings. The van der Waals surface area contributed by atoms with Crippen LogP contribution >= 0.6 is 23.2 Å². The molecule has 2 aliphatic rings. The largest absolute Gasteiger partial charge is 0.573 e. The summed E-state index contributed by atoms with van der Waals surface area (Å²) in [5.74, 6) is -0.159. The maximum absolute atomic E-state index is 14.2. The minimum Gasteiger partial charge on any atom is -0.497 e. The van der Waals surface area contributed by atoms with Crippen molar-refractivity contribution in [3.8, 4) is 5.75 Å². The molecule has 3 aromatic carbocycles. The second-order valence-corrected chi connectivity index (χ2v) is 12.9. The van der Waals surface area contributed by atoms with Crippen molar-refractivity contribution < 1.29 is 32.0 Å². The van der Waals surface area contributed by atoms with Crippen LogP contribution in [0.3, 0.4) is 0 Å². The molecule has 2 heterocycles. The van der Waals surface area contributed by atoms with E-state index in [0.29, 0.717) is 16.6 Å². The molecule has 2 N–H and O–H groups in total. The summed E-state index contributed by atoms with van der Waals surface area (Å²) in [6.07, 6.45) is -2.84. The molecule has 1 aliphatic carbocycles. The Morgan fingerprint density at radius 1 is 1.02 bits per heavy atom. The number of nitrogens with one attached hydrogen (secondary N) is 1. The number of rotatable bonds is 7. The predicted octanol–water partition coefficient (Wildman–Crippen LogP) is 7.22. The van der Waals surface area contributed by atoms with Crippen molar-refractivity contribution in [1.29, 1.82) is 0 Å². The second-order valence-electron chi connectivity index (χ2n) is 10.0. The lowest BCUT2D eigenvalue weighted by Gasteiger charge is -2.32. The monoisotopic (exact) mass is 625 g/mol. The molecule has 1 aromatic heterocycles. The first-order chi connectivity index (χ1) is 19.5. The van der Waals surface area contributed by atoms with Crippen LogP contribution in [0, 0.1) is 5.92 Å². The van der Waals surface area contributed by atoms with Crippen LogP contribution in [-0.2, 0) is 14.7 Å². The summed E-state index contributed by atoms with van der Waals surface area (Å²) in [6, 6.07) is 14.9. The van der Waals surface area contributed by atoms with E-state index in [0.717, 1.165) is 46.8 Å². The minimum absolute atomic E-state index is 0.111. The van der Waals surface area contributed by atoms with Crippen LogP contribution in [0.2, 0.25) is 10.0 Å². The van der Waals surface area contributed by atoms with Gasteiger partial charge in [0.25, 0.3) is 0 Å². The van der Waals surface area contributed by atoms with Crippen LogP contribution < -0.4 is 9.46 Å². The Hall–Kier alpha value is -3.12. The Bertz CT molecular complexity index is 1720. The fourth-order valence-electron chi connectivity index (χ4n) is 4.92. The Balaban J connectivity index is 1.36. The van der Waals surface area contributed by atoms with E-state index in [4.69, 9.17) is 27.9 Å². The zero-order valence-electron chi connectivity index (χ0n) is 21.3. The minimum atomic E-state index is -4.86. The van der Waals surface area contributed by atoms with E-state index >= 15 is 0 Å². The zero-order valence-corrected chi connectivity index (χ0v) is 23.6. The van der Waals surface area contributed by atoms with Crippen molar-refractivity contribution in [1.82, 2.24) is 9.29 Å². The maximum atomic E-state index is 14.2. The van der Waals surface area contributed by atoms with Gasteiger partial charge in [0.15, 0.2) is 9.92 Å². The molecular weight excluding hydrogens is 602 g/mol. The first kappa shape index (κ1) is 28.0. The first-order valence-corrected chi connectivity index (χ1v) is 15.0. The van der Waals surface area contributed by atoms with E-state index in [2.05, 4.69) is 13.8 Å². The quantitative estimate of drug-likeness (QED) is 0.227. The smallest absolute Gasteiger partial charge is 0.497 e. The van der Waals surface area contributed by atoms with Gasteiger partial charge in [-0.2, -0.15) is 0 Å². The molecule has 13 heteroatoms. The molecule has 1 aliphatic heterocycles. The second kappa shape index (κ2) is 10.6. The van der Waals surface area contributed by atoms with Gasteiger partial charge in [0.1, 0.15) is 24.7 Å². The van der Waals surface area contributed by atoms with Crippen molar-refractivity contribution in [2.24, 2.45) is 10.3 Å². The molecule has 7 nitrogen and oxygen atoms in total. The lowest BCUT2D eigenvalue weighted by Crippen LogP contribution is -2.39. The van der Waals surface area contributed by atoms with E-state index in [1.807, 2.05) is 28.8 Å². The van der Waals surface area contributed by atoms with Crippen LogP contribution in [0.15, 0.2) is 81.9 Å². The normalized spacial score (nSPS) is 20.8. The lowest BCUT2D eigenvalue weighted by molar-refractivity contribution is -0.274. The number of ether oxygens (including phenoxy) is 2. The molecule has 1 saturated carbocycles. The summed E-state index contributed by atoms with van der Waals surface area (Å²) in [5, 5.41) is 14.4. The lowest BCUT2D eigenvalue weighted by atomic mass is 10.1. The highest BCUT2D eigenvalue weighted by Gasteiger charge is 2.34. The summed E-state index contributed by atoms with van der Waals surface area (Å²) in [5.41, 5.74) is 1.71. The zero-order chi connectivity index (χ0) is 28.9. The number of halogens is 5. The van der Waals surface area contributed by atoms with Gasteiger partial charge in [-0.15, -0.1) is 13.2 Å². The number of hydrogen-bond acceptors (Lipinski definition) is 5. The van der Waals surface area contributed by atoms with Crippen molar-refractivity contribution in [2.45, 2.75) is 36.2 Å². The summed E-state index contributed by atoms with van der Waals surface area (Å²) < 4.78 is 71.2. The van der Waals surface area contributed by atoms with E-state index < -0.39 is 34.2 Å². The Morgan fingerprint density at radius 2 is 1.63 bits per heavy atom. The average molecular weight is 626 g/mol. The van der Waals surface area contributed by atoms with Gasteiger partial charge in [-0.25, -0.2) is 8.57 Å². The molecular formula is C28H24Cl2F3N3O4S. The number of hydrogen-bond donors (Lipinski definition) is 2. The number of alkyl halides is 3. The van der Waals surface area contributed by atoms with Gasteiger partial charge in [0, 0.05) is 31.9 Å². The van der Waals surface area contributed by atoms with Crippen molar-refractivity contribution in [2.75, 3.05) is 13.2 Å². The first-order valence-electron chi connectivity index (χ1n) is 12.8. The Morgan fingerprint density at radius 3 is 2.20 bits per heavy atom. The highest BCUT2D eigenvalue weighted by molar-refractivity contribution is 7.91. The van der Waals surface area contributed by atoms with Crippen LogP contribution in [0.4, 0.5) is 13.2 Å². The van der Waals surface area contributed by atoms with Gasteiger partial charge in [-0.1, -0.05) is 23.2 Å². The number of fused-ring (bicyclic) bond motifs is 3. The number of aromatic nitrogens is 1. The molecule has 0 saturated heterocycles. The summed E-state index contributed by atoms with van der Waals surface area (Å²) in [4.78, 5) is 0.143. The maximum Gasteiger partial charge on any atom is 0.573 e. The molecule has 0 spiro atoms. The molecule has 6 rings (SSSR count). The van der Waals surface area contributed by atoms with Crippen LogP contribution in [0.1, 0.15) is 18.9 Å². The number of aliphatic hydroxyl groups is 1. The predicted molar refractivity (Wildman–Crippen MR) is 151 cm³/mol. The Kier molecular flexibility index (Phi) is 7.25. The average Bonchev–Trinajstić information content (AvgIpc) is 3.70. The molecule has 0 bridgehead atoms. The van der Waals surface area contributed by atoms with Gasteiger partial charge in [-0.3, -0.25) is 4.72 Å². The van der Waals surface area contributed by atoms with Gasteiger partial charge in [-0.05, 0) is 79.4 Å². The van der Waals surface area contributed by atoms with Crippen molar-refractivity contribution in [3.63, 3.8) is 0 Å². The molecule has 216 valence electrons. The van der Waals surface area contributed by atoms with E-state index in [1.165, 1.54) is 18.4 Å². The van der Waals surface area contributed by atoms with Crippen LogP contribution in [0.5, 0.6) is 5.75 Å². The van der Waals surface area contributed by atoms with Gasteiger partial charge >= 0.3 is 6.36 Å². The van der Waals surface area contributed by atoms with Gasteiger partial charge in [0.2, 0.25) is 0 Å². The molecule has 1 fully saturated rings. The molecule has 0 amide bonds. The molecule has 1 unspecified atom stereocenters. The van der Waals surface area contributed by atoms with Gasteiger partial charge < -0.3 is 19.1 Å². The highest BCUT2D eigenvalue weighted by atomic mass is 35.5. The Labute approximate surface area is 243 Å². The third kappa shape index (κ3) is 5.81. The SMILES string of the molecule is O=S(=NCC1CC1)(NC1=COC[C@H](n2c3ccc(Cl)cc3c3cc(Cl)ccc32)[C@H]1O)c1ccc(OC(F)(F)F)cc1. The third-order valence-electron chi connectivity index (χ3n) is 7.06. The molecule has 3 atom stereocenters. The molecule has 0 radical (unpaired) electrons. The van der Waals surface area contributed by atoms with Gasteiger partial charge in [0.05, 0.1) is 23.2 Å². The summed E-state index contributed by atoms with van der Waals surface area (Å²) in [6.45, 7) is 0.412. The van der Waals surface area contributed by atoms with Crippen molar-refractivity contribution >= 4 is 54.9 Å². The standard InChI is InChI=1S/C28H24Cl2F3N3O4S/c29-17-3-9-24-21(11-17)22-12-18(30)4-10-25(22)36(24)26-15-39-14-23(27(26)37)35-41(38,34-13-16-1-2-16)20-7-5-19(6-8-20)40-28(31,32)33/h3-12,14,16,26-27,37H,1-2,13,15H2,(H,34,35,38)/t26-,27-,41?/m0/s1.